The van der Waals surface area contributed by atoms with Gasteiger partial charge in [0.15, 0.2) is 12.1 Å². The van der Waals surface area contributed by atoms with Crippen LogP contribution in [0.25, 0.3) is 0 Å². The van der Waals surface area contributed by atoms with Gasteiger partial charge in [-0.1, -0.05) is 18.7 Å². The molecule has 4 unspecified atom stereocenters. The molecule has 136 valence electrons. The van der Waals surface area contributed by atoms with Gasteiger partial charge in [0.25, 0.3) is 17.7 Å². The van der Waals surface area contributed by atoms with Gasteiger partial charge >= 0.3 is 5.97 Å². The minimum absolute atomic E-state index is 0.151. The van der Waals surface area contributed by atoms with E-state index in [9.17, 15) is 28.5 Å². The molecule has 1 aromatic carbocycles. The summed E-state index contributed by atoms with van der Waals surface area (Å²) in [5.74, 6) is -3.45. The van der Waals surface area contributed by atoms with Crippen LogP contribution in [0.15, 0.2) is 36.4 Å². The van der Waals surface area contributed by atoms with Gasteiger partial charge in [-0.05, 0) is 24.6 Å². The van der Waals surface area contributed by atoms with E-state index in [4.69, 9.17) is 0 Å². The van der Waals surface area contributed by atoms with Crippen molar-refractivity contribution in [2.24, 2.45) is 0 Å². The van der Waals surface area contributed by atoms with Crippen LogP contribution in [-0.4, -0.2) is 60.3 Å². The van der Waals surface area contributed by atoms with E-state index in [1.54, 1.807) is 12.1 Å². The second-order valence-electron chi connectivity index (χ2n) is 5.94. The summed E-state index contributed by atoms with van der Waals surface area (Å²) in [4.78, 5) is 51.0. The molecular formula is C16H13BrN2O6S. The van der Waals surface area contributed by atoms with Crippen LogP contribution in [0.1, 0.15) is 27.6 Å². The summed E-state index contributed by atoms with van der Waals surface area (Å²) in [6.07, 6.45) is 0. The number of carboxylic acids is 1. The molecule has 0 saturated carbocycles. The van der Waals surface area contributed by atoms with Crippen LogP contribution in [0, 0.1) is 0 Å². The predicted molar refractivity (Wildman–Crippen MR) is 94.7 cm³/mol. The predicted octanol–water partition coefficient (Wildman–Crippen LogP) is 0.907. The second-order valence-corrected chi connectivity index (χ2v) is 8.84. The number of amides is 3. The number of likely N-dealkylation sites (tertiary alicyclic amines) is 1. The van der Waals surface area contributed by atoms with Crippen LogP contribution >= 0.6 is 14.8 Å². The Balaban J connectivity index is 2.00. The first-order chi connectivity index (χ1) is 12.2. The third-order valence-electron chi connectivity index (χ3n) is 4.32. The highest BCUT2D eigenvalue weighted by Crippen LogP contribution is 2.37. The molecule has 2 aliphatic heterocycles. The molecule has 0 spiro atoms. The van der Waals surface area contributed by atoms with Gasteiger partial charge in [-0.2, -0.15) is 0 Å². The molecule has 0 bridgehead atoms. The molecule has 1 fully saturated rings. The Morgan fingerprint density at radius 3 is 2.12 bits per heavy atom. The van der Waals surface area contributed by atoms with Crippen molar-refractivity contribution in [2.75, 3.05) is 0 Å². The molecule has 4 atom stereocenters. The molecule has 3 amide bonds. The number of hydrogen-bond donors (Lipinski definition) is 1. The number of halogens is 1. The Morgan fingerprint density at radius 2 is 1.73 bits per heavy atom. The smallest absolute Gasteiger partial charge is 0.330 e. The average Bonchev–Trinajstić information content (AvgIpc) is 2.81. The average molecular weight is 441 g/mol. The SMILES string of the molecule is C=C(C)C(C(=O)O)N1C(=O)C(N2C(=O)c3ccccc3C2=O)C1S(=O)Br. The van der Waals surface area contributed by atoms with Crippen LogP contribution in [0.2, 0.25) is 0 Å². The second kappa shape index (κ2) is 6.44. The van der Waals surface area contributed by atoms with E-state index in [1.165, 1.54) is 19.1 Å². The summed E-state index contributed by atoms with van der Waals surface area (Å²) >= 11 is 2.85. The van der Waals surface area contributed by atoms with Crippen LogP contribution in [0.4, 0.5) is 0 Å². The van der Waals surface area contributed by atoms with Crippen LogP contribution < -0.4 is 0 Å². The Bertz CT molecular complexity index is 851. The topological polar surface area (TPSA) is 112 Å². The minimum Gasteiger partial charge on any atom is -0.479 e. The lowest BCUT2D eigenvalue weighted by atomic mass is 9.98. The normalized spacial score (nSPS) is 24.2. The van der Waals surface area contributed by atoms with Crippen molar-refractivity contribution in [3.8, 4) is 0 Å². The third-order valence-corrected chi connectivity index (χ3v) is 6.34. The fourth-order valence-corrected chi connectivity index (χ4v) is 5.20. The van der Waals surface area contributed by atoms with Crippen molar-refractivity contribution in [2.45, 2.75) is 24.4 Å². The monoisotopic (exact) mass is 440 g/mol. The number of imide groups is 1. The Labute approximate surface area is 158 Å². The van der Waals surface area contributed by atoms with Crippen molar-refractivity contribution in [1.29, 1.82) is 0 Å². The van der Waals surface area contributed by atoms with E-state index in [1.807, 2.05) is 0 Å². The summed E-state index contributed by atoms with van der Waals surface area (Å²) in [5, 5.41) is 8.19. The van der Waals surface area contributed by atoms with Crippen molar-refractivity contribution in [3.63, 3.8) is 0 Å². The molecule has 8 nitrogen and oxygen atoms in total. The number of β-lactam (4-membered cyclic amide) rings is 1. The highest BCUT2D eigenvalue weighted by Gasteiger charge is 2.61. The molecule has 1 N–H and O–H groups in total. The number of carbonyl (C=O) groups excluding carboxylic acids is 3. The van der Waals surface area contributed by atoms with Gasteiger partial charge in [-0.15, -0.1) is 0 Å². The molecule has 1 aromatic rings. The number of hydrogen-bond acceptors (Lipinski definition) is 5. The first-order valence-corrected chi connectivity index (χ1v) is 10.5. The quantitative estimate of drug-likeness (QED) is 0.315. The highest BCUT2D eigenvalue weighted by molar-refractivity contribution is 9.46. The van der Waals surface area contributed by atoms with E-state index < -0.39 is 50.4 Å². The van der Waals surface area contributed by atoms with Gasteiger partial charge < -0.3 is 10.0 Å². The largest absolute Gasteiger partial charge is 0.479 e. The standard InChI is InChI=1S/C16H13BrN2O6S/c1-7(2)10(16(23)24)19-14(22)11(15(19)26(17)25)18-12(20)8-5-3-4-6-9(8)13(18)21/h3-6,10-11,15H,1H2,2H3,(H,23,24). The van der Waals surface area contributed by atoms with E-state index in [0.29, 0.717) is 0 Å². The molecule has 3 rings (SSSR count). The van der Waals surface area contributed by atoms with E-state index in [0.717, 1.165) is 9.80 Å². The van der Waals surface area contributed by atoms with Gasteiger partial charge in [0.05, 0.1) is 11.1 Å². The van der Waals surface area contributed by atoms with Gasteiger partial charge in [0, 0.05) is 14.8 Å². The third kappa shape index (κ3) is 2.52. The molecule has 26 heavy (non-hydrogen) atoms. The van der Waals surface area contributed by atoms with Crippen molar-refractivity contribution < 1.29 is 28.5 Å². The minimum atomic E-state index is -1.88. The van der Waals surface area contributed by atoms with Crippen molar-refractivity contribution in [1.82, 2.24) is 9.80 Å². The number of aliphatic carboxylic acids is 1. The maximum atomic E-state index is 12.7. The number of carbonyl (C=O) groups is 4. The fraction of sp³-hybridized carbons (Fsp3) is 0.250. The van der Waals surface area contributed by atoms with Crippen LogP contribution in [0.5, 0.6) is 0 Å². The molecule has 0 aliphatic carbocycles. The Kier molecular flexibility index (Phi) is 4.57. The highest BCUT2D eigenvalue weighted by atomic mass is 79.9. The zero-order chi connectivity index (χ0) is 19.3. The van der Waals surface area contributed by atoms with Gasteiger partial charge in [-0.3, -0.25) is 19.3 Å². The Hall–Kier alpha value is -2.33. The number of rotatable bonds is 5. The molecule has 1 saturated heterocycles. The van der Waals surface area contributed by atoms with E-state index in [-0.39, 0.29) is 16.7 Å². The summed E-state index contributed by atoms with van der Waals surface area (Å²) in [6.45, 7) is 4.98. The zero-order valence-corrected chi connectivity index (χ0v) is 15.8. The summed E-state index contributed by atoms with van der Waals surface area (Å²) < 4.78 is 12.1. The molecule has 2 aliphatic rings. The van der Waals surface area contributed by atoms with E-state index in [2.05, 4.69) is 21.4 Å². The van der Waals surface area contributed by atoms with Crippen molar-refractivity contribution >= 4 is 47.7 Å². The lowest BCUT2D eigenvalue weighted by molar-refractivity contribution is -0.161. The van der Waals surface area contributed by atoms with Crippen LogP contribution in [0.3, 0.4) is 0 Å². The molecule has 10 heteroatoms. The van der Waals surface area contributed by atoms with Gasteiger partial charge in [-0.25, -0.2) is 9.00 Å². The van der Waals surface area contributed by atoms with Crippen molar-refractivity contribution in [3.05, 3.63) is 47.5 Å². The van der Waals surface area contributed by atoms with Gasteiger partial charge in [0.2, 0.25) is 0 Å². The number of nitrogens with zero attached hydrogens (tertiary/aromatic N) is 2. The molecule has 0 radical (unpaired) electrons. The lowest BCUT2D eigenvalue weighted by Gasteiger charge is -2.50. The number of fused-ring (bicyclic) bond motifs is 1. The number of carboxylic acid groups (broad SMARTS) is 1. The fourth-order valence-electron chi connectivity index (χ4n) is 3.20. The first-order valence-electron chi connectivity index (χ1n) is 7.42. The molecule has 0 aromatic heterocycles. The summed E-state index contributed by atoms with van der Waals surface area (Å²) in [5.41, 5.74) is 0.463. The van der Waals surface area contributed by atoms with Crippen LogP contribution in [-0.2, 0) is 18.8 Å². The molecule has 2 heterocycles. The maximum Gasteiger partial charge on any atom is 0.330 e. The van der Waals surface area contributed by atoms with E-state index >= 15 is 0 Å². The van der Waals surface area contributed by atoms with Gasteiger partial charge in [0.1, 0.15) is 14.6 Å². The summed E-state index contributed by atoms with van der Waals surface area (Å²) in [6, 6.07) is 3.35. The zero-order valence-electron chi connectivity index (χ0n) is 13.4. The first kappa shape index (κ1) is 18.5. The maximum absolute atomic E-state index is 12.7. The Morgan fingerprint density at radius 1 is 1.23 bits per heavy atom. The molecular weight excluding hydrogens is 428 g/mol. The lowest BCUT2D eigenvalue weighted by Crippen LogP contribution is -2.75. The summed E-state index contributed by atoms with van der Waals surface area (Å²) in [7, 11) is -1.88. The number of benzene rings is 1.